The molecule has 1 heterocycles. The first-order chi connectivity index (χ1) is 8.72. The molecule has 0 amide bonds. The number of hydrogen-bond donors (Lipinski definition) is 2. The molecule has 0 aliphatic heterocycles. The minimum Gasteiger partial charge on any atom is -0.326 e. The predicted molar refractivity (Wildman–Crippen MR) is 75.6 cm³/mol. The molecule has 0 aliphatic rings. The summed E-state index contributed by atoms with van der Waals surface area (Å²) in [5.41, 5.74) is 3.94. The van der Waals surface area contributed by atoms with Crippen molar-refractivity contribution in [3.63, 3.8) is 0 Å². The first kappa shape index (κ1) is 11.1. The summed E-state index contributed by atoms with van der Waals surface area (Å²) in [5.74, 6) is 0.719. The van der Waals surface area contributed by atoms with Crippen LogP contribution in [0.3, 0.4) is 0 Å². The van der Waals surface area contributed by atoms with Gasteiger partial charge in [0.25, 0.3) is 0 Å². The summed E-state index contributed by atoms with van der Waals surface area (Å²) in [5, 5.41) is 3.96. The van der Waals surface area contributed by atoms with E-state index in [0.29, 0.717) is 0 Å². The van der Waals surface area contributed by atoms with Gasteiger partial charge >= 0.3 is 0 Å². The standard InChI is InChI=1S/C14H12ClN3/c1-9-6-7-10(8-11(9)15)16-14-17-12-4-2-3-5-13(12)18-14/h2-8H,1H3,(H2,16,17,18). The van der Waals surface area contributed by atoms with E-state index in [1.807, 2.05) is 49.4 Å². The summed E-state index contributed by atoms with van der Waals surface area (Å²) in [6.45, 7) is 1.98. The number of anilines is 2. The van der Waals surface area contributed by atoms with Crippen molar-refractivity contribution < 1.29 is 0 Å². The summed E-state index contributed by atoms with van der Waals surface area (Å²) in [4.78, 5) is 7.66. The number of H-pyrrole nitrogens is 1. The largest absolute Gasteiger partial charge is 0.326 e. The molecule has 1 aromatic heterocycles. The van der Waals surface area contributed by atoms with Crippen molar-refractivity contribution in [2.24, 2.45) is 0 Å². The third-order valence-corrected chi connectivity index (χ3v) is 3.23. The molecule has 0 saturated heterocycles. The Morgan fingerprint density at radius 1 is 1.17 bits per heavy atom. The number of aryl methyl sites for hydroxylation is 1. The Kier molecular flexibility index (Phi) is 2.68. The Hall–Kier alpha value is -2.00. The Balaban J connectivity index is 1.93. The molecule has 0 bridgehead atoms. The second-order valence-corrected chi connectivity index (χ2v) is 4.60. The fourth-order valence-corrected chi connectivity index (χ4v) is 2.00. The summed E-state index contributed by atoms with van der Waals surface area (Å²) in [6.07, 6.45) is 0. The summed E-state index contributed by atoms with van der Waals surface area (Å²) >= 11 is 6.09. The molecule has 0 unspecified atom stereocenters. The molecule has 18 heavy (non-hydrogen) atoms. The van der Waals surface area contributed by atoms with Gasteiger partial charge in [0.05, 0.1) is 11.0 Å². The molecule has 4 heteroatoms. The maximum Gasteiger partial charge on any atom is 0.205 e. The van der Waals surface area contributed by atoms with Crippen molar-refractivity contribution >= 4 is 34.3 Å². The number of fused-ring (bicyclic) bond motifs is 1. The van der Waals surface area contributed by atoms with Gasteiger partial charge in [-0.15, -0.1) is 0 Å². The Morgan fingerprint density at radius 2 is 2.00 bits per heavy atom. The fraction of sp³-hybridized carbons (Fsp3) is 0.0714. The van der Waals surface area contributed by atoms with Crippen LogP contribution in [0.15, 0.2) is 42.5 Å². The second kappa shape index (κ2) is 4.35. The van der Waals surface area contributed by atoms with Gasteiger partial charge in [0.2, 0.25) is 5.95 Å². The fourth-order valence-electron chi connectivity index (χ4n) is 1.82. The molecule has 3 nitrogen and oxygen atoms in total. The molecular formula is C14H12ClN3. The first-order valence-electron chi connectivity index (χ1n) is 5.70. The van der Waals surface area contributed by atoms with Crippen LogP contribution in [-0.4, -0.2) is 9.97 Å². The van der Waals surface area contributed by atoms with E-state index < -0.39 is 0 Å². The Bertz CT molecular complexity index is 670. The highest BCUT2D eigenvalue weighted by molar-refractivity contribution is 6.31. The van der Waals surface area contributed by atoms with Crippen molar-refractivity contribution in [2.45, 2.75) is 6.92 Å². The Morgan fingerprint density at radius 3 is 2.78 bits per heavy atom. The topological polar surface area (TPSA) is 40.7 Å². The van der Waals surface area contributed by atoms with Gasteiger partial charge in [-0.05, 0) is 36.8 Å². The number of imidazole rings is 1. The van der Waals surface area contributed by atoms with Crippen LogP contribution in [0, 0.1) is 6.92 Å². The molecule has 0 saturated carbocycles. The van der Waals surface area contributed by atoms with Crippen molar-refractivity contribution in [1.82, 2.24) is 9.97 Å². The third kappa shape index (κ3) is 2.05. The molecule has 0 atom stereocenters. The zero-order chi connectivity index (χ0) is 12.5. The van der Waals surface area contributed by atoms with Gasteiger partial charge in [-0.1, -0.05) is 29.8 Å². The number of hydrogen-bond acceptors (Lipinski definition) is 2. The van der Waals surface area contributed by atoms with E-state index in [2.05, 4.69) is 15.3 Å². The van der Waals surface area contributed by atoms with Crippen LogP contribution < -0.4 is 5.32 Å². The molecular weight excluding hydrogens is 246 g/mol. The quantitative estimate of drug-likeness (QED) is 0.720. The van der Waals surface area contributed by atoms with Crippen LogP contribution >= 0.6 is 11.6 Å². The van der Waals surface area contributed by atoms with Crippen LogP contribution in [-0.2, 0) is 0 Å². The predicted octanol–water partition coefficient (Wildman–Crippen LogP) is 4.27. The van der Waals surface area contributed by atoms with E-state index in [1.165, 1.54) is 0 Å². The molecule has 3 rings (SSSR count). The minimum atomic E-state index is 0.719. The van der Waals surface area contributed by atoms with Crippen LogP contribution in [0.4, 0.5) is 11.6 Å². The lowest BCUT2D eigenvalue weighted by Crippen LogP contribution is -1.92. The number of benzene rings is 2. The Labute approximate surface area is 110 Å². The smallest absolute Gasteiger partial charge is 0.205 e. The molecule has 0 spiro atoms. The molecule has 0 fully saturated rings. The number of halogens is 1. The van der Waals surface area contributed by atoms with Gasteiger partial charge in [0, 0.05) is 10.7 Å². The maximum absolute atomic E-state index is 6.09. The minimum absolute atomic E-state index is 0.719. The van der Waals surface area contributed by atoms with Gasteiger partial charge in [-0.3, -0.25) is 0 Å². The van der Waals surface area contributed by atoms with E-state index in [1.54, 1.807) is 0 Å². The third-order valence-electron chi connectivity index (χ3n) is 2.82. The lowest BCUT2D eigenvalue weighted by atomic mass is 10.2. The second-order valence-electron chi connectivity index (χ2n) is 4.19. The van der Waals surface area contributed by atoms with E-state index >= 15 is 0 Å². The normalized spacial score (nSPS) is 10.8. The highest BCUT2D eigenvalue weighted by Gasteiger charge is 2.03. The molecule has 0 radical (unpaired) electrons. The van der Waals surface area contributed by atoms with Crippen molar-refractivity contribution in [2.75, 3.05) is 5.32 Å². The molecule has 0 aliphatic carbocycles. The number of aromatic nitrogens is 2. The molecule has 3 aromatic rings. The van der Waals surface area contributed by atoms with Crippen LogP contribution in [0.5, 0.6) is 0 Å². The SMILES string of the molecule is Cc1ccc(Nc2nc3ccccc3[nH]2)cc1Cl. The highest BCUT2D eigenvalue weighted by Crippen LogP contribution is 2.23. The van der Waals surface area contributed by atoms with E-state index in [0.717, 1.165) is 33.3 Å². The lowest BCUT2D eigenvalue weighted by Gasteiger charge is -2.04. The zero-order valence-corrected chi connectivity index (χ0v) is 10.6. The summed E-state index contributed by atoms with van der Waals surface area (Å²) in [7, 11) is 0. The van der Waals surface area contributed by atoms with Gasteiger partial charge < -0.3 is 10.3 Å². The van der Waals surface area contributed by atoms with Crippen LogP contribution in [0.25, 0.3) is 11.0 Å². The zero-order valence-electron chi connectivity index (χ0n) is 9.87. The molecule has 90 valence electrons. The lowest BCUT2D eigenvalue weighted by molar-refractivity contribution is 1.31. The number of nitrogens with one attached hydrogen (secondary N) is 2. The van der Waals surface area contributed by atoms with Gasteiger partial charge in [-0.2, -0.15) is 0 Å². The van der Waals surface area contributed by atoms with E-state index in [-0.39, 0.29) is 0 Å². The molecule has 2 aromatic carbocycles. The maximum atomic E-state index is 6.09. The molecule has 2 N–H and O–H groups in total. The van der Waals surface area contributed by atoms with Crippen molar-refractivity contribution in [1.29, 1.82) is 0 Å². The number of aromatic amines is 1. The van der Waals surface area contributed by atoms with Gasteiger partial charge in [0.15, 0.2) is 0 Å². The van der Waals surface area contributed by atoms with E-state index in [4.69, 9.17) is 11.6 Å². The first-order valence-corrected chi connectivity index (χ1v) is 6.08. The average molecular weight is 258 g/mol. The number of para-hydroxylation sites is 2. The highest BCUT2D eigenvalue weighted by atomic mass is 35.5. The van der Waals surface area contributed by atoms with E-state index in [9.17, 15) is 0 Å². The van der Waals surface area contributed by atoms with Crippen LogP contribution in [0.1, 0.15) is 5.56 Å². The summed E-state index contributed by atoms with van der Waals surface area (Å²) in [6, 6.07) is 13.8. The number of nitrogens with zero attached hydrogens (tertiary/aromatic N) is 1. The van der Waals surface area contributed by atoms with Crippen molar-refractivity contribution in [3.8, 4) is 0 Å². The van der Waals surface area contributed by atoms with Gasteiger partial charge in [-0.25, -0.2) is 4.98 Å². The van der Waals surface area contributed by atoms with Crippen molar-refractivity contribution in [3.05, 3.63) is 53.1 Å². The van der Waals surface area contributed by atoms with Crippen LogP contribution in [0.2, 0.25) is 5.02 Å². The number of rotatable bonds is 2. The van der Waals surface area contributed by atoms with Gasteiger partial charge in [0.1, 0.15) is 0 Å². The summed E-state index contributed by atoms with van der Waals surface area (Å²) < 4.78 is 0. The monoisotopic (exact) mass is 257 g/mol. The average Bonchev–Trinajstić information content (AvgIpc) is 2.76.